The van der Waals surface area contributed by atoms with Gasteiger partial charge in [0.05, 0.1) is 6.04 Å². The summed E-state index contributed by atoms with van der Waals surface area (Å²) in [6, 6.07) is 15.8. The first-order chi connectivity index (χ1) is 15.1. The standard InChI is InChI=1S/C23H26N4O4/c1-2-3-13-27-20-18(21(28)26-23(27)30)19(24-22(29)25-20)16-9-11-17(12-10-16)31-14-15-7-5-4-6-8-15/h4-12,18-20H,2-3,13-14H2,1H3,(H2,24,25,29)(H,26,28,30). The van der Waals surface area contributed by atoms with E-state index in [-0.39, 0.29) is 0 Å². The Kier molecular flexibility index (Phi) is 6.06. The highest BCUT2D eigenvalue weighted by atomic mass is 16.5. The van der Waals surface area contributed by atoms with Crippen LogP contribution in [0.2, 0.25) is 0 Å². The molecule has 0 aromatic heterocycles. The molecule has 2 aromatic carbocycles. The lowest BCUT2D eigenvalue weighted by Crippen LogP contribution is -2.72. The number of amides is 5. The van der Waals surface area contributed by atoms with Gasteiger partial charge in [0.2, 0.25) is 5.91 Å². The second-order valence-corrected chi connectivity index (χ2v) is 7.75. The van der Waals surface area contributed by atoms with Crippen LogP contribution in [0, 0.1) is 5.92 Å². The third-order valence-electron chi connectivity index (χ3n) is 5.63. The molecule has 0 spiro atoms. The number of hydrogen-bond donors (Lipinski definition) is 3. The van der Waals surface area contributed by atoms with E-state index in [4.69, 9.17) is 4.74 Å². The number of nitrogens with zero attached hydrogens (tertiary/aromatic N) is 1. The first-order valence-corrected chi connectivity index (χ1v) is 10.5. The van der Waals surface area contributed by atoms with Gasteiger partial charge < -0.3 is 20.3 Å². The van der Waals surface area contributed by atoms with E-state index in [1.165, 1.54) is 0 Å². The first kappa shape index (κ1) is 20.7. The highest BCUT2D eigenvalue weighted by Gasteiger charge is 2.49. The van der Waals surface area contributed by atoms with E-state index in [9.17, 15) is 14.4 Å². The third-order valence-corrected chi connectivity index (χ3v) is 5.63. The zero-order chi connectivity index (χ0) is 21.8. The highest BCUT2D eigenvalue weighted by molar-refractivity contribution is 6.00. The monoisotopic (exact) mass is 422 g/mol. The van der Waals surface area contributed by atoms with Crippen LogP contribution < -0.4 is 20.7 Å². The summed E-state index contributed by atoms with van der Waals surface area (Å²) in [6.07, 6.45) is 1.00. The SMILES string of the molecule is CCCCN1C(=O)NC(=O)C2C(c3ccc(OCc4ccccc4)cc3)NC(=O)NC21. The van der Waals surface area contributed by atoms with Gasteiger partial charge in [0, 0.05) is 6.54 Å². The molecule has 31 heavy (non-hydrogen) atoms. The molecule has 8 heteroatoms. The lowest BCUT2D eigenvalue weighted by molar-refractivity contribution is -0.130. The molecule has 0 aliphatic carbocycles. The van der Waals surface area contributed by atoms with Crippen molar-refractivity contribution in [1.82, 2.24) is 20.9 Å². The van der Waals surface area contributed by atoms with Gasteiger partial charge in [-0.3, -0.25) is 10.1 Å². The molecule has 3 atom stereocenters. The van der Waals surface area contributed by atoms with Gasteiger partial charge in [-0.25, -0.2) is 9.59 Å². The average molecular weight is 422 g/mol. The van der Waals surface area contributed by atoms with Crippen LogP contribution in [0.25, 0.3) is 0 Å². The van der Waals surface area contributed by atoms with Crippen molar-refractivity contribution in [2.75, 3.05) is 6.54 Å². The fourth-order valence-electron chi connectivity index (χ4n) is 4.00. The van der Waals surface area contributed by atoms with Crippen molar-refractivity contribution in [3.8, 4) is 5.75 Å². The van der Waals surface area contributed by atoms with Crippen LogP contribution in [0.5, 0.6) is 5.75 Å². The molecule has 162 valence electrons. The molecule has 0 bridgehead atoms. The van der Waals surface area contributed by atoms with Gasteiger partial charge >= 0.3 is 12.1 Å². The quantitative estimate of drug-likeness (QED) is 0.639. The molecule has 0 saturated carbocycles. The smallest absolute Gasteiger partial charge is 0.325 e. The number of carbonyl (C=O) groups excluding carboxylic acids is 3. The number of nitrogens with one attached hydrogen (secondary N) is 3. The van der Waals surface area contributed by atoms with Crippen molar-refractivity contribution in [3.63, 3.8) is 0 Å². The molecule has 0 radical (unpaired) electrons. The Labute approximate surface area is 180 Å². The Morgan fingerprint density at radius 1 is 0.968 bits per heavy atom. The first-order valence-electron chi connectivity index (χ1n) is 10.5. The molecule has 2 heterocycles. The maximum atomic E-state index is 12.7. The van der Waals surface area contributed by atoms with Crippen LogP contribution >= 0.6 is 0 Å². The number of benzene rings is 2. The molecule has 2 fully saturated rings. The largest absolute Gasteiger partial charge is 0.489 e. The molecule has 3 unspecified atom stereocenters. The molecule has 2 aromatic rings. The van der Waals surface area contributed by atoms with Crippen molar-refractivity contribution in [1.29, 1.82) is 0 Å². The number of hydrogen-bond acceptors (Lipinski definition) is 4. The summed E-state index contributed by atoms with van der Waals surface area (Å²) < 4.78 is 5.83. The van der Waals surface area contributed by atoms with E-state index >= 15 is 0 Å². The molecule has 4 rings (SSSR count). The number of fused-ring (bicyclic) bond motifs is 1. The molecule has 8 nitrogen and oxygen atoms in total. The van der Waals surface area contributed by atoms with Crippen molar-refractivity contribution in [2.45, 2.75) is 38.6 Å². The van der Waals surface area contributed by atoms with Crippen LogP contribution in [0.15, 0.2) is 54.6 Å². The van der Waals surface area contributed by atoms with Gasteiger partial charge in [-0.2, -0.15) is 0 Å². The van der Waals surface area contributed by atoms with Crippen LogP contribution in [0.1, 0.15) is 36.9 Å². The fourth-order valence-corrected chi connectivity index (χ4v) is 4.00. The third kappa shape index (κ3) is 4.47. The highest BCUT2D eigenvalue weighted by Crippen LogP contribution is 2.33. The zero-order valence-electron chi connectivity index (χ0n) is 17.3. The van der Waals surface area contributed by atoms with Gasteiger partial charge in [0.1, 0.15) is 24.4 Å². The normalized spacial score (nSPS) is 22.8. The summed E-state index contributed by atoms with van der Waals surface area (Å²) >= 11 is 0. The lowest BCUT2D eigenvalue weighted by atomic mass is 9.86. The molecule has 2 aliphatic heterocycles. The van der Waals surface area contributed by atoms with E-state index in [0.717, 1.165) is 24.0 Å². The average Bonchev–Trinajstić information content (AvgIpc) is 2.78. The summed E-state index contributed by atoms with van der Waals surface area (Å²) in [4.78, 5) is 38.9. The van der Waals surface area contributed by atoms with Crippen molar-refractivity contribution in [3.05, 3.63) is 65.7 Å². The number of unbranched alkanes of at least 4 members (excludes halogenated alkanes) is 1. The number of ether oxygens (including phenoxy) is 1. The van der Waals surface area contributed by atoms with Gasteiger partial charge in [-0.1, -0.05) is 55.8 Å². The second-order valence-electron chi connectivity index (χ2n) is 7.75. The summed E-state index contributed by atoms with van der Waals surface area (Å²) in [5.74, 6) is -0.342. The Morgan fingerprint density at radius 2 is 1.71 bits per heavy atom. The van der Waals surface area contributed by atoms with Crippen molar-refractivity contribution < 1.29 is 19.1 Å². The number of imide groups is 1. The van der Waals surface area contributed by atoms with Gasteiger partial charge in [0.25, 0.3) is 0 Å². The maximum Gasteiger partial charge on any atom is 0.325 e. The zero-order valence-corrected chi connectivity index (χ0v) is 17.3. The summed E-state index contributed by atoms with van der Waals surface area (Å²) in [5, 5.41) is 8.03. The molecule has 5 amide bonds. The van der Waals surface area contributed by atoms with E-state index < -0.39 is 36.1 Å². The van der Waals surface area contributed by atoms with Crippen molar-refractivity contribution >= 4 is 18.0 Å². The van der Waals surface area contributed by atoms with Crippen LogP contribution in [0.3, 0.4) is 0 Å². The number of urea groups is 2. The van der Waals surface area contributed by atoms with E-state index in [0.29, 0.717) is 18.9 Å². The molecule has 2 aliphatic rings. The van der Waals surface area contributed by atoms with E-state index in [1.807, 2.05) is 61.5 Å². The second kappa shape index (κ2) is 9.07. The van der Waals surface area contributed by atoms with Gasteiger partial charge in [-0.05, 0) is 29.7 Å². The summed E-state index contributed by atoms with van der Waals surface area (Å²) in [7, 11) is 0. The molecule has 2 saturated heterocycles. The predicted octanol–water partition coefficient (Wildman–Crippen LogP) is 2.91. The van der Waals surface area contributed by atoms with E-state index in [2.05, 4.69) is 16.0 Å². The predicted molar refractivity (Wildman–Crippen MR) is 114 cm³/mol. The van der Waals surface area contributed by atoms with Crippen LogP contribution in [-0.2, 0) is 11.4 Å². The number of rotatable bonds is 7. The van der Waals surface area contributed by atoms with Gasteiger partial charge in [-0.15, -0.1) is 0 Å². The minimum absolute atomic E-state index is 0.398. The topological polar surface area (TPSA) is 99.8 Å². The van der Waals surface area contributed by atoms with Crippen LogP contribution in [0.4, 0.5) is 9.59 Å². The molecule has 3 N–H and O–H groups in total. The molecular formula is C23H26N4O4. The molecular weight excluding hydrogens is 396 g/mol. The van der Waals surface area contributed by atoms with Crippen LogP contribution in [-0.4, -0.2) is 35.6 Å². The minimum atomic E-state index is -0.680. The Balaban J connectivity index is 1.51. The maximum absolute atomic E-state index is 12.7. The lowest BCUT2D eigenvalue weighted by Gasteiger charge is -2.46. The Bertz CT molecular complexity index is 948. The van der Waals surface area contributed by atoms with Crippen molar-refractivity contribution in [2.24, 2.45) is 5.92 Å². The fraction of sp³-hybridized carbons (Fsp3) is 0.348. The number of carbonyl (C=O) groups is 3. The Morgan fingerprint density at radius 3 is 2.42 bits per heavy atom. The summed E-state index contributed by atoms with van der Waals surface area (Å²) in [5.41, 5.74) is 1.84. The van der Waals surface area contributed by atoms with Gasteiger partial charge in [0.15, 0.2) is 0 Å². The van der Waals surface area contributed by atoms with E-state index in [1.54, 1.807) is 4.90 Å². The summed E-state index contributed by atoms with van der Waals surface area (Å²) in [6.45, 7) is 2.94. The minimum Gasteiger partial charge on any atom is -0.489 e. The Hall–Kier alpha value is -3.55.